The predicted molar refractivity (Wildman–Crippen MR) is 228 cm³/mol. The van der Waals surface area contributed by atoms with E-state index in [1.165, 1.54) is 12.8 Å². The summed E-state index contributed by atoms with van der Waals surface area (Å²) in [6.45, 7) is 4.33. The van der Waals surface area contributed by atoms with E-state index in [0.29, 0.717) is 11.8 Å². The molecule has 5 saturated heterocycles. The third-order valence-corrected chi connectivity index (χ3v) is 21.8. The van der Waals surface area contributed by atoms with Crippen molar-refractivity contribution in [2.24, 2.45) is 67.9 Å². The molecule has 0 aromatic carbocycles. The molecule has 0 amide bonds. The third kappa shape index (κ3) is 9.59. The molecule has 0 aromatic rings. The number of methoxy groups -OCH3 is 1. The van der Waals surface area contributed by atoms with E-state index in [9.17, 15) is 33.7 Å². The summed E-state index contributed by atoms with van der Waals surface area (Å²) >= 11 is 0. The molecule has 62 heavy (non-hydrogen) atoms. The summed E-state index contributed by atoms with van der Waals surface area (Å²) in [4.78, 5) is 0. The number of ether oxygens (including phenoxy) is 1. The number of nitrogens with one attached hydrogen (secondary N) is 8. The normalized spacial score (nSPS) is 46.8. The number of fused-ring (bicyclic) bond motifs is 20. The van der Waals surface area contributed by atoms with Gasteiger partial charge in [0, 0.05) is 25.6 Å². The maximum atomic E-state index is 13.8. The third-order valence-electron chi connectivity index (χ3n) is 15.9. The van der Waals surface area contributed by atoms with Crippen molar-refractivity contribution in [2.75, 3.05) is 13.7 Å². The van der Waals surface area contributed by atoms with Crippen LogP contribution in [0, 0.1) is 54.3 Å². The minimum Gasteiger partial charge on any atom is -0.387 e. The van der Waals surface area contributed by atoms with Gasteiger partial charge >= 0.3 is 17.1 Å². The van der Waals surface area contributed by atoms with E-state index in [-0.39, 0.29) is 65.4 Å². The summed E-state index contributed by atoms with van der Waals surface area (Å²) in [5.74, 6) is -1.42. The van der Waals surface area contributed by atoms with Gasteiger partial charge in [0.25, 0.3) is 0 Å². The van der Waals surface area contributed by atoms with Crippen LogP contribution in [0.2, 0.25) is 0 Å². The first kappa shape index (κ1) is 49.7. The van der Waals surface area contributed by atoms with Crippen LogP contribution in [0.5, 0.6) is 0 Å². The number of rotatable bonds is 6. The van der Waals surface area contributed by atoms with Crippen LogP contribution < -0.4 is 63.1 Å². The molecule has 16 N–H and O–H groups in total. The smallest absolute Gasteiger partial charge is 0.387 e. The first-order valence-corrected chi connectivity index (χ1v) is 28.6. The Morgan fingerprint density at radius 1 is 0.419 bits per heavy atom. The molecular formula is C36H69CuN12O9S4. The molecule has 362 valence electrons. The second kappa shape index (κ2) is 19.1. The maximum Gasteiger partial charge on any atom is 1.00 e. The van der Waals surface area contributed by atoms with Crippen molar-refractivity contribution in [1.82, 2.24) is 42.5 Å². The molecule has 20 atom stereocenters. The van der Waals surface area contributed by atoms with E-state index in [1.807, 2.05) is 0 Å². The van der Waals surface area contributed by atoms with Crippen molar-refractivity contribution in [3.05, 3.63) is 6.92 Å². The monoisotopic (exact) mass is 1000 g/mol. The van der Waals surface area contributed by atoms with Crippen LogP contribution >= 0.6 is 0 Å². The van der Waals surface area contributed by atoms with Crippen LogP contribution in [0.4, 0.5) is 0 Å². The van der Waals surface area contributed by atoms with Crippen molar-refractivity contribution in [1.29, 1.82) is 0 Å². The Bertz CT molecular complexity index is 1910. The van der Waals surface area contributed by atoms with Gasteiger partial charge in [-0.3, -0.25) is 42.5 Å². The Kier molecular flexibility index (Phi) is 15.3. The summed E-state index contributed by atoms with van der Waals surface area (Å²) in [7, 11) is -18.6. The Labute approximate surface area is 378 Å². The molecule has 4 saturated carbocycles. The fraction of sp³-hybridized carbons (Fsp3) is 0.972. The van der Waals surface area contributed by atoms with Gasteiger partial charge in [-0.15, -0.1) is 0 Å². The van der Waals surface area contributed by atoms with E-state index in [2.05, 4.69) is 54.2 Å². The fourth-order valence-corrected chi connectivity index (χ4v) is 21.5. The molecule has 8 bridgehead atoms. The van der Waals surface area contributed by atoms with Crippen LogP contribution in [0.25, 0.3) is 0 Å². The van der Waals surface area contributed by atoms with Gasteiger partial charge in [0.1, 0.15) is 21.0 Å². The number of hydrogen-bond donors (Lipinski definition) is 12. The largest absolute Gasteiger partial charge is 1.00 e. The molecule has 5 aliphatic heterocycles. The molecule has 0 aromatic heterocycles. The van der Waals surface area contributed by atoms with Gasteiger partial charge in [0.2, 0.25) is 40.1 Å². The molecule has 20 unspecified atom stereocenters. The molecule has 4 aliphatic carbocycles. The standard InChI is InChI=1S/C32H60N12O8S4.C4H9O.Cu/c33-53(45,46)21-19-20(22(54(34,47)48)24(56(36,51)52)23(21)55(35,49)50)32-43-30-18-12-6-4-10-16(18)28(41-30)39-26-14-8-2-1-7-13(14)25(37-26)38-27-15-9-3-5-11-17(15)29(40-27)42-31(19)44-32;1-3-4-5-2;/h13-32,37-44H,1-12H2,(H2,33,45,46)(H2,34,47,48)(H2,35,49,50)(H2,36,51,52);1,3-4H2,2H3;/q;-1;+1. The van der Waals surface area contributed by atoms with Gasteiger partial charge in [-0.05, 0) is 74.0 Å². The van der Waals surface area contributed by atoms with Crippen molar-refractivity contribution in [3.8, 4) is 0 Å². The van der Waals surface area contributed by atoms with Gasteiger partial charge in [0.15, 0.2) is 0 Å². The van der Waals surface area contributed by atoms with Crippen LogP contribution in [0.3, 0.4) is 0 Å². The minimum absolute atomic E-state index is 0. The van der Waals surface area contributed by atoms with Crippen molar-refractivity contribution in [3.63, 3.8) is 0 Å². The summed E-state index contributed by atoms with van der Waals surface area (Å²) < 4.78 is 114. The predicted octanol–water partition coefficient (Wildman–Crippen LogP) is -3.47. The zero-order chi connectivity index (χ0) is 43.8. The van der Waals surface area contributed by atoms with E-state index in [4.69, 9.17) is 20.6 Å². The molecule has 26 heteroatoms. The molecular weight excluding hydrogens is 936 g/mol. The van der Waals surface area contributed by atoms with Crippen molar-refractivity contribution in [2.45, 2.75) is 154 Å². The molecule has 9 rings (SSSR count). The zero-order valence-corrected chi connectivity index (χ0v) is 39.3. The van der Waals surface area contributed by atoms with E-state index < -0.39 is 97.6 Å². The summed E-state index contributed by atoms with van der Waals surface area (Å²) in [5, 5.41) is 43.8. The number of hydrogen-bond acceptors (Lipinski definition) is 17. The Hall–Kier alpha value is -0.201. The quantitative estimate of drug-likeness (QED) is 0.0909. The Morgan fingerprint density at radius 2 is 0.629 bits per heavy atom. The zero-order valence-electron chi connectivity index (χ0n) is 35.1. The second-order valence-electron chi connectivity index (χ2n) is 19.2. The minimum atomic E-state index is -5.15. The summed E-state index contributed by atoms with van der Waals surface area (Å²) in [6, 6.07) is 0. The average molecular weight is 1010 g/mol. The van der Waals surface area contributed by atoms with Gasteiger partial charge in [-0.2, -0.15) is 6.42 Å². The Morgan fingerprint density at radius 3 is 0.806 bits per heavy atom. The van der Waals surface area contributed by atoms with Crippen LogP contribution in [0.15, 0.2) is 0 Å². The molecule has 21 nitrogen and oxygen atoms in total. The van der Waals surface area contributed by atoms with Crippen LogP contribution in [0.1, 0.15) is 83.5 Å². The summed E-state index contributed by atoms with van der Waals surface area (Å²) in [6.07, 6.45) is 10.0. The van der Waals surface area contributed by atoms with Gasteiger partial charge in [0.05, 0.1) is 49.3 Å². The van der Waals surface area contributed by atoms with Gasteiger partial charge in [-0.1, -0.05) is 38.5 Å². The fourth-order valence-electron chi connectivity index (χ4n) is 13.7. The van der Waals surface area contributed by atoms with E-state index in [0.717, 1.165) is 77.2 Å². The van der Waals surface area contributed by atoms with E-state index >= 15 is 0 Å². The molecule has 9 fully saturated rings. The van der Waals surface area contributed by atoms with Crippen molar-refractivity contribution >= 4 is 40.1 Å². The molecule has 9 aliphatic rings. The molecule has 0 radical (unpaired) electrons. The first-order valence-electron chi connectivity index (χ1n) is 22.2. The molecule has 0 spiro atoms. The first-order chi connectivity index (χ1) is 28.7. The SMILES string of the molecule is NS(=O)(=O)C1C2C3NC4NC(NC5NC(NC6NC(NC(N3)C2C(S(N)(=O)=O)C(S(N)(=O)=O)C1S(N)(=O)=O)C1CCCCC61)C1CCCCC51)C1CCCCC41.[CH2-]CCOC.[Cu+]. The molecule has 5 heterocycles. The van der Waals surface area contributed by atoms with Crippen LogP contribution in [-0.4, -0.2) is 118 Å². The van der Waals surface area contributed by atoms with Gasteiger partial charge in [-0.25, -0.2) is 54.2 Å². The summed E-state index contributed by atoms with van der Waals surface area (Å²) in [5.41, 5.74) is 0. The number of sulfonamides is 4. The number of nitrogens with two attached hydrogens (primary N) is 4. The van der Waals surface area contributed by atoms with E-state index in [1.54, 1.807) is 7.11 Å². The van der Waals surface area contributed by atoms with Gasteiger partial charge < -0.3 is 11.7 Å². The Balaban J connectivity index is 0.000000913. The topological polar surface area (TPSA) is 346 Å². The second-order valence-corrected chi connectivity index (χ2v) is 26.1. The van der Waals surface area contributed by atoms with Crippen LogP contribution in [-0.2, 0) is 61.9 Å². The maximum absolute atomic E-state index is 13.8. The average Bonchev–Trinajstić information content (AvgIpc) is 3.92. The van der Waals surface area contributed by atoms with Crippen molar-refractivity contribution < 1.29 is 55.5 Å². The number of primary sulfonamides is 4.